The molecule has 0 aliphatic rings. The topological polar surface area (TPSA) is 88.5 Å². The SMILES string of the molecule is CN(C)S(=O)(=O)c1cccc(NC(=O)Cn2cc(Br)ccc2=O)c1. The van der Waals surface area contributed by atoms with Crippen molar-refractivity contribution in [1.29, 1.82) is 0 Å². The number of carbonyl (C=O) groups excluding carboxylic acids is 1. The number of hydrogen-bond acceptors (Lipinski definition) is 4. The van der Waals surface area contributed by atoms with Gasteiger partial charge in [0.25, 0.3) is 5.56 Å². The normalized spacial score (nSPS) is 11.5. The van der Waals surface area contributed by atoms with E-state index in [0.29, 0.717) is 10.2 Å². The van der Waals surface area contributed by atoms with Crippen LogP contribution in [-0.2, 0) is 21.4 Å². The Balaban J connectivity index is 2.18. The Kier molecular flexibility index (Phi) is 5.58. The largest absolute Gasteiger partial charge is 0.324 e. The number of rotatable bonds is 5. The highest BCUT2D eigenvalue weighted by Crippen LogP contribution is 2.18. The number of anilines is 1. The van der Waals surface area contributed by atoms with Gasteiger partial charge in [0.1, 0.15) is 6.54 Å². The molecule has 0 aliphatic heterocycles. The van der Waals surface area contributed by atoms with Crippen molar-refractivity contribution in [2.45, 2.75) is 11.4 Å². The first-order chi connectivity index (χ1) is 11.2. The fourth-order valence-corrected chi connectivity index (χ4v) is 3.25. The van der Waals surface area contributed by atoms with Gasteiger partial charge in [-0.25, -0.2) is 12.7 Å². The van der Waals surface area contributed by atoms with Crippen LogP contribution in [0.25, 0.3) is 0 Å². The maximum atomic E-state index is 12.1. The molecule has 7 nitrogen and oxygen atoms in total. The summed E-state index contributed by atoms with van der Waals surface area (Å²) in [5, 5.41) is 2.59. The number of halogens is 1. The van der Waals surface area contributed by atoms with Crippen molar-refractivity contribution in [3.05, 3.63) is 57.4 Å². The summed E-state index contributed by atoms with van der Waals surface area (Å²) in [6.45, 7) is -0.178. The van der Waals surface area contributed by atoms with E-state index in [-0.39, 0.29) is 17.0 Å². The first-order valence-electron chi connectivity index (χ1n) is 6.88. The molecule has 9 heteroatoms. The van der Waals surface area contributed by atoms with Crippen LogP contribution in [0.4, 0.5) is 5.69 Å². The summed E-state index contributed by atoms with van der Waals surface area (Å²) in [5.74, 6) is -0.436. The van der Waals surface area contributed by atoms with Gasteiger partial charge in [-0.15, -0.1) is 0 Å². The summed E-state index contributed by atoms with van der Waals surface area (Å²) < 4.78 is 27.2. The van der Waals surface area contributed by atoms with Gasteiger partial charge in [0.2, 0.25) is 15.9 Å². The molecule has 2 rings (SSSR count). The van der Waals surface area contributed by atoms with E-state index in [1.54, 1.807) is 12.1 Å². The molecule has 0 unspecified atom stereocenters. The molecule has 2 aromatic rings. The fourth-order valence-electron chi connectivity index (χ4n) is 1.93. The first kappa shape index (κ1) is 18.4. The Hall–Kier alpha value is -1.97. The van der Waals surface area contributed by atoms with Crippen molar-refractivity contribution in [1.82, 2.24) is 8.87 Å². The molecule has 24 heavy (non-hydrogen) atoms. The summed E-state index contributed by atoms with van der Waals surface area (Å²) in [6.07, 6.45) is 1.51. The van der Waals surface area contributed by atoms with E-state index < -0.39 is 15.9 Å². The quantitative estimate of drug-likeness (QED) is 0.803. The molecule has 0 fully saturated rings. The Bertz CT molecular complexity index is 922. The zero-order valence-corrected chi connectivity index (χ0v) is 15.5. The average Bonchev–Trinajstić information content (AvgIpc) is 2.51. The summed E-state index contributed by atoms with van der Waals surface area (Å²) in [7, 11) is -0.724. The molecule has 0 bridgehead atoms. The predicted molar refractivity (Wildman–Crippen MR) is 94.3 cm³/mol. The number of pyridine rings is 1. The highest BCUT2D eigenvalue weighted by atomic mass is 79.9. The Morgan fingerprint density at radius 3 is 2.62 bits per heavy atom. The van der Waals surface area contributed by atoms with Crippen molar-refractivity contribution in [2.24, 2.45) is 0 Å². The lowest BCUT2D eigenvalue weighted by atomic mass is 10.3. The van der Waals surface area contributed by atoms with Crippen LogP contribution in [0.15, 0.2) is 56.8 Å². The van der Waals surface area contributed by atoms with Gasteiger partial charge in [-0.3, -0.25) is 9.59 Å². The van der Waals surface area contributed by atoms with Crippen LogP contribution in [-0.4, -0.2) is 37.3 Å². The van der Waals surface area contributed by atoms with Gasteiger partial charge < -0.3 is 9.88 Å². The lowest BCUT2D eigenvalue weighted by molar-refractivity contribution is -0.116. The molecule has 1 amide bonds. The molecular formula is C15H16BrN3O4S. The number of hydrogen-bond donors (Lipinski definition) is 1. The van der Waals surface area contributed by atoms with E-state index in [1.807, 2.05) is 0 Å². The van der Waals surface area contributed by atoms with Crippen LogP contribution in [0, 0.1) is 0 Å². The molecule has 1 N–H and O–H groups in total. The van der Waals surface area contributed by atoms with Crippen molar-refractivity contribution in [3.63, 3.8) is 0 Å². The molecule has 1 aromatic heterocycles. The smallest absolute Gasteiger partial charge is 0.251 e. The first-order valence-corrected chi connectivity index (χ1v) is 9.12. The lowest BCUT2D eigenvalue weighted by Gasteiger charge is -2.13. The van der Waals surface area contributed by atoms with Gasteiger partial charge in [0.15, 0.2) is 0 Å². The zero-order chi connectivity index (χ0) is 17.9. The van der Waals surface area contributed by atoms with E-state index in [2.05, 4.69) is 21.2 Å². The number of nitrogens with one attached hydrogen (secondary N) is 1. The molecule has 0 saturated carbocycles. The minimum Gasteiger partial charge on any atom is -0.324 e. The van der Waals surface area contributed by atoms with E-state index >= 15 is 0 Å². The predicted octanol–water partition coefficient (Wildman–Crippen LogP) is 1.50. The Morgan fingerprint density at radius 1 is 1.25 bits per heavy atom. The molecule has 1 heterocycles. The summed E-state index contributed by atoms with van der Waals surface area (Å²) in [4.78, 5) is 23.9. The minimum atomic E-state index is -3.59. The summed E-state index contributed by atoms with van der Waals surface area (Å²) in [6, 6.07) is 8.88. The second kappa shape index (κ2) is 7.29. The van der Waals surface area contributed by atoms with Crippen LogP contribution in [0.1, 0.15) is 0 Å². The van der Waals surface area contributed by atoms with E-state index in [0.717, 1.165) is 4.31 Å². The molecule has 0 spiro atoms. The van der Waals surface area contributed by atoms with Crippen LogP contribution in [0.5, 0.6) is 0 Å². The average molecular weight is 414 g/mol. The minimum absolute atomic E-state index is 0.0740. The third-order valence-corrected chi connectivity index (χ3v) is 5.44. The lowest BCUT2D eigenvalue weighted by Crippen LogP contribution is -2.27. The van der Waals surface area contributed by atoms with Gasteiger partial charge in [-0.1, -0.05) is 6.07 Å². The number of nitrogens with zero attached hydrogens (tertiary/aromatic N) is 2. The van der Waals surface area contributed by atoms with Crippen LogP contribution >= 0.6 is 15.9 Å². The molecule has 0 radical (unpaired) electrons. The second-order valence-corrected chi connectivity index (χ2v) is 8.24. The van der Waals surface area contributed by atoms with Crippen LogP contribution < -0.4 is 10.9 Å². The molecule has 0 atom stereocenters. The standard InChI is InChI=1S/C15H16BrN3O4S/c1-18(2)24(22,23)13-5-3-4-12(8-13)17-14(20)10-19-9-11(16)6-7-15(19)21/h3-9H,10H2,1-2H3,(H,17,20). The van der Waals surface area contributed by atoms with Crippen molar-refractivity contribution >= 4 is 37.5 Å². The molecular weight excluding hydrogens is 398 g/mol. The Morgan fingerprint density at radius 2 is 1.96 bits per heavy atom. The maximum absolute atomic E-state index is 12.1. The summed E-state index contributed by atoms with van der Waals surface area (Å²) in [5.41, 5.74) is 0.0308. The second-order valence-electron chi connectivity index (χ2n) is 5.18. The highest BCUT2D eigenvalue weighted by Gasteiger charge is 2.17. The van der Waals surface area contributed by atoms with Crippen molar-refractivity contribution in [3.8, 4) is 0 Å². The number of carbonyl (C=O) groups is 1. The third kappa shape index (κ3) is 4.31. The van der Waals surface area contributed by atoms with E-state index in [9.17, 15) is 18.0 Å². The number of sulfonamides is 1. The number of aromatic nitrogens is 1. The molecule has 0 aliphatic carbocycles. The van der Waals surface area contributed by atoms with Crippen LogP contribution in [0.3, 0.4) is 0 Å². The summed E-state index contributed by atoms with van der Waals surface area (Å²) >= 11 is 3.24. The van der Waals surface area contributed by atoms with E-state index in [4.69, 9.17) is 0 Å². The van der Waals surface area contributed by atoms with Gasteiger partial charge in [-0.2, -0.15) is 0 Å². The monoisotopic (exact) mass is 413 g/mol. The van der Waals surface area contributed by atoms with E-state index in [1.165, 1.54) is 49.1 Å². The van der Waals surface area contributed by atoms with Gasteiger partial charge in [0.05, 0.1) is 4.90 Å². The van der Waals surface area contributed by atoms with Gasteiger partial charge in [0, 0.05) is 36.5 Å². The molecule has 0 saturated heterocycles. The van der Waals surface area contributed by atoms with Crippen molar-refractivity contribution < 1.29 is 13.2 Å². The maximum Gasteiger partial charge on any atom is 0.251 e. The molecule has 1 aromatic carbocycles. The Labute approximate surface area is 148 Å². The molecule has 128 valence electrons. The number of amides is 1. The van der Waals surface area contributed by atoms with Crippen molar-refractivity contribution in [2.75, 3.05) is 19.4 Å². The zero-order valence-electron chi connectivity index (χ0n) is 13.1. The van der Waals surface area contributed by atoms with Crippen LogP contribution in [0.2, 0.25) is 0 Å². The number of benzene rings is 1. The fraction of sp³-hybridized carbons (Fsp3) is 0.200. The third-order valence-electron chi connectivity index (χ3n) is 3.16. The van der Waals surface area contributed by atoms with Gasteiger partial charge >= 0.3 is 0 Å². The highest BCUT2D eigenvalue weighted by molar-refractivity contribution is 9.10. The van der Waals surface area contributed by atoms with Gasteiger partial charge in [-0.05, 0) is 40.2 Å².